The number of esters is 1. The van der Waals surface area contributed by atoms with Crippen molar-refractivity contribution in [3.63, 3.8) is 0 Å². The van der Waals surface area contributed by atoms with Gasteiger partial charge in [-0.3, -0.25) is 4.79 Å². The Labute approximate surface area is 141 Å². The molecule has 1 amide bonds. The van der Waals surface area contributed by atoms with Gasteiger partial charge in [-0.05, 0) is 12.3 Å². The molecule has 0 rings (SSSR count). The first-order valence-corrected chi connectivity index (χ1v) is 9.00. The lowest BCUT2D eigenvalue weighted by Gasteiger charge is -2.17. The maximum atomic E-state index is 11.6. The van der Waals surface area contributed by atoms with Crippen molar-refractivity contribution in [1.29, 1.82) is 0 Å². The zero-order valence-corrected chi connectivity index (χ0v) is 15.4. The van der Waals surface area contributed by atoms with E-state index < -0.39 is 6.09 Å². The van der Waals surface area contributed by atoms with Crippen molar-refractivity contribution < 1.29 is 19.1 Å². The Balaban J connectivity index is 3.54. The fraction of sp³-hybridized carbons (Fsp3) is 0.889. The van der Waals surface area contributed by atoms with E-state index in [0.29, 0.717) is 13.2 Å². The Morgan fingerprint density at radius 2 is 1.48 bits per heavy atom. The number of hydrogen-bond acceptors (Lipinski definition) is 4. The van der Waals surface area contributed by atoms with E-state index in [4.69, 9.17) is 9.47 Å². The second kappa shape index (κ2) is 14.3. The van der Waals surface area contributed by atoms with E-state index in [9.17, 15) is 9.59 Å². The average Bonchev–Trinajstić information content (AvgIpc) is 2.50. The maximum Gasteiger partial charge on any atom is 0.410 e. The molecule has 0 bridgehead atoms. The minimum Gasteiger partial charge on any atom is -0.464 e. The van der Waals surface area contributed by atoms with E-state index in [1.807, 2.05) is 13.8 Å². The predicted molar refractivity (Wildman–Crippen MR) is 92.4 cm³/mol. The van der Waals surface area contributed by atoms with E-state index in [1.165, 1.54) is 43.4 Å². The van der Waals surface area contributed by atoms with Gasteiger partial charge >= 0.3 is 12.1 Å². The van der Waals surface area contributed by atoms with Gasteiger partial charge in [-0.1, -0.05) is 65.7 Å². The first-order chi connectivity index (χ1) is 11.0. The molecule has 5 heteroatoms. The molecule has 5 nitrogen and oxygen atoms in total. The van der Waals surface area contributed by atoms with Gasteiger partial charge in [-0.2, -0.15) is 0 Å². The largest absolute Gasteiger partial charge is 0.464 e. The second-order valence-corrected chi connectivity index (χ2v) is 6.52. The van der Waals surface area contributed by atoms with Crippen molar-refractivity contribution in [2.24, 2.45) is 5.92 Å². The minimum absolute atomic E-state index is 0.0616. The second-order valence-electron chi connectivity index (χ2n) is 6.52. The molecule has 0 fully saturated rings. The Hall–Kier alpha value is -1.26. The summed E-state index contributed by atoms with van der Waals surface area (Å²) in [6, 6.07) is 0. The highest BCUT2D eigenvalue weighted by Crippen LogP contribution is 2.08. The summed E-state index contributed by atoms with van der Waals surface area (Å²) >= 11 is 0. The van der Waals surface area contributed by atoms with Crippen LogP contribution >= 0.6 is 0 Å². The number of amides is 1. The van der Waals surface area contributed by atoms with Crippen LogP contribution in [0.15, 0.2) is 0 Å². The molecule has 0 radical (unpaired) electrons. The zero-order chi connectivity index (χ0) is 17.5. The number of likely N-dealkylation sites (N-methyl/N-ethyl adjacent to an activating group) is 1. The Morgan fingerprint density at radius 3 is 2.04 bits per heavy atom. The molecule has 23 heavy (non-hydrogen) atoms. The number of ether oxygens (including phenoxy) is 2. The molecule has 0 aliphatic carbocycles. The van der Waals surface area contributed by atoms with Crippen molar-refractivity contribution >= 4 is 12.1 Å². The fourth-order valence-corrected chi connectivity index (χ4v) is 2.07. The lowest BCUT2D eigenvalue weighted by atomic mass is 10.1. The zero-order valence-electron chi connectivity index (χ0n) is 15.4. The predicted octanol–water partition coefficient (Wildman–Crippen LogP) is 4.39. The van der Waals surface area contributed by atoms with Crippen LogP contribution in [0.2, 0.25) is 0 Å². The maximum absolute atomic E-state index is 11.6. The van der Waals surface area contributed by atoms with Gasteiger partial charge in [0.1, 0.15) is 6.54 Å². The third kappa shape index (κ3) is 14.1. The van der Waals surface area contributed by atoms with E-state index in [-0.39, 0.29) is 18.4 Å². The highest BCUT2D eigenvalue weighted by atomic mass is 16.6. The molecule has 0 aromatic carbocycles. The van der Waals surface area contributed by atoms with Crippen LogP contribution in [-0.4, -0.2) is 43.8 Å². The molecule has 0 saturated carbocycles. The van der Waals surface area contributed by atoms with E-state index >= 15 is 0 Å². The van der Waals surface area contributed by atoms with Crippen molar-refractivity contribution in [1.82, 2.24) is 4.90 Å². The topological polar surface area (TPSA) is 55.8 Å². The van der Waals surface area contributed by atoms with Crippen LogP contribution in [0.4, 0.5) is 4.79 Å². The number of hydrogen-bond donors (Lipinski definition) is 0. The third-order valence-electron chi connectivity index (χ3n) is 3.48. The standard InChI is InChI=1S/C18H35NO4/c1-5-6-7-8-9-10-11-12-13-22-17(20)14-19(4)18(21)23-15-16(2)3/h16H,5-15H2,1-4H3. The van der Waals surface area contributed by atoms with Gasteiger partial charge in [0.15, 0.2) is 0 Å². The summed E-state index contributed by atoms with van der Waals surface area (Å²) in [6.07, 6.45) is 9.18. The quantitative estimate of drug-likeness (QED) is 0.371. The Morgan fingerprint density at radius 1 is 0.913 bits per heavy atom. The summed E-state index contributed by atoms with van der Waals surface area (Å²) in [6.45, 7) is 6.87. The van der Waals surface area contributed by atoms with Crippen LogP contribution in [0, 0.1) is 5.92 Å². The fourth-order valence-electron chi connectivity index (χ4n) is 2.07. The van der Waals surface area contributed by atoms with Gasteiger partial charge < -0.3 is 14.4 Å². The molecular weight excluding hydrogens is 294 g/mol. The first-order valence-electron chi connectivity index (χ1n) is 9.00. The molecular formula is C18H35NO4. The molecule has 0 atom stereocenters. The summed E-state index contributed by atoms with van der Waals surface area (Å²) in [5, 5.41) is 0. The van der Waals surface area contributed by atoms with Crippen LogP contribution in [0.25, 0.3) is 0 Å². The smallest absolute Gasteiger partial charge is 0.410 e. The van der Waals surface area contributed by atoms with Crippen molar-refractivity contribution in [2.75, 3.05) is 26.8 Å². The average molecular weight is 329 g/mol. The highest BCUT2D eigenvalue weighted by Gasteiger charge is 2.15. The van der Waals surface area contributed by atoms with Gasteiger partial charge in [-0.25, -0.2) is 4.79 Å². The van der Waals surface area contributed by atoms with Crippen LogP contribution in [0.1, 0.15) is 72.1 Å². The molecule has 0 aromatic rings. The molecule has 0 aromatic heterocycles. The number of carbonyl (C=O) groups is 2. The molecule has 0 spiro atoms. The number of rotatable bonds is 13. The van der Waals surface area contributed by atoms with Gasteiger partial charge in [0.05, 0.1) is 13.2 Å². The summed E-state index contributed by atoms with van der Waals surface area (Å²) < 4.78 is 10.2. The molecule has 0 aliphatic rings. The summed E-state index contributed by atoms with van der Waals surface area (Å²) in [7, 11) is 1.54. The lowest BCUT2D eigenvalue weighted by molar-refractivity contribution is -0.144. The molecule has 0 saturated heterocycles. The van der Waals surface area contributed by atoms with Gasteiger partial charge in [0, 0.05) is 7.05 Å². The normalized spacial score (nSPS) is 10.7. The SMILES string of the molecule is CCCCCCCCCCOC(=O)CN(C)C(=O)OCC(C)C. The van der Waals surface area contributed by atoms with Gasteiger partial charge in [0.25, 0.3) is 0 Å². The van der Waals surface area contributed by atoms with Crippen LogP contribution in [0.5, 0.6) is 0 Å². The molecule has 136 valence electrons. The van der Waals surface area contributed by atoms with Gasteiger partial charge in [-0.15, -0.1) is 0 Å². The minimum atomic E-state index is -0.484. The monoisotopic (exact) mass is 329 g/mol. The molecule has 0 unspecified atom stereocenters. The van der Waals surface area contributed by atoms with Crippen LogP contribution in [-0.2, 0) is 14.3 Å². The van der Waals surface area contributed by atoms with E-state index in [1.54, 1.807) is 7.05 Å². The summed E-state index contributed by atoms with van der Waals surface area (Å²) in [5.74, 6) is -0.0989. The molecule has 0 aliphatic heterocycles. The van der Waals surface area contributed by atoms with Crippen molar-refractivity contribution in [3.8, 4) is 0 Å². The Bertz CT molecular complexity index is 318. The van der Waals surface area contributed by atoms with Crippen molar-refractivity contribution in [2.45, 2.75) is 72.1 Å². The highest BCUT2D eigenvalue weighted by molar-refractivity contribution is 5.77. The third-order valence-corrected chi connectivity index (χ3v) is 3.48. The number of unbranched alkanes of at least 4 members (excludes halogenated alkanes) is 7. The van der Waals surface area contributed by atoms with Crippen LogP contribution < -0.4 is 0 Å². The first kappa shape index (κ1) is 21.7. The Kier molecular flexibility index (Phi) is 13.6. The molecule has 0 heterocycles. The van der Waals surface area contributed by atoms with E-state index in [0.717, 1.165) is 12.8 Å². The van der Waals surface area contributed by atoms with Crippen LogP contribution in [0.3, 0.4) is 0 Å². The van der Waals surface area contributed by atoms with E-state index in [2.05, 4.69) is 6.92 Å². The van der Waals surface area contributed by atoms with Crippen molar-refractivity contribution in [3.05, 3.63) is 0 Å². The number of carbonyl (C=O) groups excluding carboxylic acids is 2. The molecule has 0 N–H and O–H groups in total. The number of nitrogens with zero attached hydrogens (tertiary/aromatic N) is 1. The summed E-state index contributed by atoms with van der Waals surface area (Å²) in [4.78, 5) is 24.5. The van der Waals surface area contributed by atoms with Gasteiger partial charge in [0.2, 0.25) is 0 Å². The lowest BCUT2D eigenvalue weighted by Crippen LogP contribution is -2.34. The summed E-state index contributed by atoms with van der Waals surface area (Å²) in [5.41, 5.74) is 0.